The molecule has 0 aliphatic heterocycles. The number of aryl methyl sites for hydroxylation is 1. The van der Waals surface area contributed by atoms with E-state index in [0.717, 1.165) is 30.6 Å². The van der Waals surface area contributed by atoms with Crippen molar-refractivity contribution in [1.29, 1.82) is 0 Å². The van der Waals surface area contributed by atoms with E-state index in [1.807, 2.05) is 18.2 Å². The van der Waals surface area contributed by atoms with Crippen LogP contribution in [0.15, 0.2) is 53.4 Å². The van der Waals surface area contributed by atoms with Gasteiger partial charge in [-0.05, 0) is 54.7 Å². The number of nitrogens with one attached hydrogen (secondary N) is 2. The second-order valence-electron chi connectivity index (χ2n) is 5.57. The zero-order valence-corrected chi connectivity index (χ0v) is 13.8. The van der Waals surface area contributed by atoms with Crippen LogP contribution in [0.1, 0.15) is 30.0 Å². The van der Waals surface area contributed by atoms with Gasteiger partial charge in [0.15, 0.2) is 0 Å². The van der Waals surface area contributed by atoms with Crippen molar-refractivity contribution in [1.82, 2.24) is 10.3 Å². The molecule has 5 nitrogen and oxygen atoms in total. The number of fused-ring (bicyclic) bond motifs is 1. The number of hydrogen-bond acceptors (Lipinski definition) is 4. The van der Waals surface area contributed by atoms with Gasteiger partial charge in [-0.25, -0.2) is 13.8 Å². The highest BCUT2D eigenvalue weighted by molar-refractivity contribution is 7.89. The summed E-state index contributed by atoms with van der Waals surface area (Å²) in [6, 6.07) is 14.2. The zero-order valence-electron chi connectivity index (χ0n) is 13.0. The fraction of sp³-hybridized carbons (Fsp3) is 0.294. The number of rotatable bonds is 5. The number of hydrogen-bond donors (Lipinski definition) is 2. The summed E-state index contributed by atoms with van der Waals surface area (Å²) < 4.78 is 29.8. The molecule has 0 radical (unpaired) electrons. The Hall–Kier alpha value is -1.89. The topological polar surface area (TPSA) is 67.4 Å². The first kappa shape index (κ1) is 16.0. The maximum absolute atomic E-state index is 12.3. The van der Waals surface area contributed by atoms with Crippen molar-refractivity contribution >= 4 is 10.0 Å². The van der Waals surface area contributed by atoms with Gasteiger partial charge in [0, 0.05) is 6.04 Å². The summed E-state index contributed by atoms with van der Waals surface area (Å²) in [4.78, 5) is 2.75. The van der Waals surface area contributed by atoms with Crippen LogP contribution < -0.4 is 15.0 Å². The van der Waals surface area contributed by atoms with E-state index >= 15 is 0 Å². The molecule has 0 heterocycles. The van der Waals surface area contributed by atoms with Crippen molar-refractivity contribution < 1.29 is 13.2 Å². The Morgan fingerprint density at radius 1 is 1.13 bits per heavy atom. The average molecular weight is 332 g/mol. The molecule has 23 heavy (non-hydrogen) atoms. The Morgan fingerprint density at radius 2 is 1.91 bits per heavy atom. The van der Waals surface area contributed by atoms with E-state index in [1.54, 1.807) is 37.4 Å². The van der Waals surface area contributed by atoms with Gasteiger partial charge in [0.25, 0.3) is 10.0 Å². The summed E-state index contributed by atoms with van der Waals surface area (Å²) in [5, 5.41) is 0. The Balaban J connectivity index is 1.75. The van der Waals surface area contributed by atoms with Crippen molar-refractivity contribution in [2.24, 2.45) is 0 Å². The number of methoxy groups -OCH3 is 1. The molecule has 1 aliphatic carbocycles. The molecule has 0 fully saturated rings. The van der Waals surface area contributed by atoms with Crippen LogP contribution >= 0.6 is 0 Å². The molecule has 2 aromatic carbocycles. The standard InChI is InChI=1S/C17H20N2O3S/c1-22-14-10-11-16-13(12-14)6-5-9-17(16)18-19-23(20,21)15-7-3-2-4-8-15/h2-4,7-8,10-12,17-19H,5-6,9H2,1H3/t17-/m1/s1. The van der Waals surface area contributed by atoms with Gasteiger partial charge in [-0.3, -0.25) is 0 Å². The first-order chi connectivity index (χ1) is 11.1. The van der Waals surface area contributed by atoms with Gasteiger partial charge < -0.3 is 4.74 Å². The van der Waals surface area contributed by atoms with E-state index in [-0.39, 0.29) is 10.9 Å². The van der Waals surface area contributed by atoms with Crippen LogP contribution in [0, 0.1) is 0 Å². The molecule has 0 unspecified atom stereocenters. The van der Waals surface area contributed by atoms with Crippen LogP contribution in [-0.4, -0.2) is 15.5 Å². The molecule has 0 saturated carbocycles. The summed E-state index contributed by atoms with van der Waals surface area (Å²) in [5.74, 6) is 0.828. The molecule has 0 aromatic heterocycles. The lowest BCUT2D eigenvalue weighted by Gasteiger charge is -2.27. The molecule has 6 heteroatoms. The maximum Gasteiger partial charge on any atom is 0.253 e. The van der Waals surface area contributed by atoms with E-state index in [9.17, 15) is 8.42 Å². The normalized spacial score (nSPS) is 17.5. The molecule has 0 saturated heterocycles. The highest BCUT2D eigenvalue weighted by Gasteiger charge is 2.22. The predicted molar refractivity (Wildman–Crippen MR) is 88.6 cm³/mol. The number of hydrazine groups is 1. The lowest BCUT2D eigenvalue weighted by molar-refractivity contribution is 0.408. The van der Waals surface area contributed by atoms with E-state index in [4.69, 9.17) is 4.74 Å². The second kappa shape index (κ2) is 6.70. The molecule has 0 spiro atoms. The lowest BCUT2D eigenvalue weighted by atomic mass is 9.88. The van der Waals surface area contributed by atoms with Crippen LogP contribution in [0.25, 0.3) is 0 Å². The molecule has 1 atom stereocenters. The molecule has 2 N–H and O–H groups in total. The van der Waals surface area contributed by atoms with E-state index in [0.29, 0.717) is 0 Å². The van der Waals surface area contributed by atoms with Crippen LogP contribution in [0.5, 0.6) is 5.75 Å². The zero-order chi connectivity index (χ0) is 16.3. The average Bonchev–Trinajstić information content (AvgIpc) is 2.60. The predicted octanol–water partition coefficient (Wildman–Crippen LogP) is 2.56. The first-order valence-corrected chi connectivity index (χ1v) is 9.07. The van der Waals surface area contributed by atoms with Gasteiger partial charge in [0.05, 0.1) is 12.0 Å². The molecule has 3 rings (SSSR count). The SMILES string of the molecule is COc1ccc2c(c1)CCC[C@H]2NNS(=O)(=O)c1ccccc1. The summed E-state index contributed by atoms with van der Waals surface area (Å²) in [5.41, 5.74) is 5.29. The molecule has 0 amide bonds. The Labute approximate surface area is 136 Å². The maximum atomic E-state index is 12.3. The van der Waals surface area contributed by atoms with Gasteiger partial charge in [-0.2, -0.15) is 0 Å². The highest BCUT2D eigenvalue weighted by Crippen LogP contribution is 2.31. The molecule has 1 aliphatic rings. The Kier molecular flexibility index (Phi) is 4.66. The second-order valence-corrected chi connectivity index (χ2v) is 7.25. The van der Waals surface area contributed by atoms with Gasteiger partial charge in [-0.1, -0.05) is 24.3 Å². The minimum Gasteiger partial charge on any atom is -0.497 e. The van der Waals surface area contributed by atoms with Crippen molar-refractivity contribution in [2.45, 2.75) is 30.2 Å². The Morgan fingerprint density at radius 3 is 2.65 bits per heavy atom. The number of ether oxygens (including phenoxy) is 1. The van der Waals surface area contributed by atoms with Gasteiger partial charge >= 0.3 is 0 Å². The smallest absolute Gasteiger partial charge is 0.253 e. The molecule has 0 bridgehead atoms. The number of benzene rings is 2. The summed E-state index contributed by atoms with van der Waals surface area (Å²) in [7, 11) is -1.91. The highest BCUT2D eigenvalue weighted by atomic mass is 32.2. The third-order valence-corrected chi connectivity index (χ3v) is 5.36. The molecule has 122 valence electrons. The van der Waals surface area contributed by atoms with Gasteiger partial charge in [-0.15, -0.1) is 4.83 Å². The minimum atomic E-state index is -3.56. The minimum absolute atomic E-state index is 0.0388. The van der Waals surface area contributed by atoms with E-state index in [1.165, 1.54) is 5.56 Å². The fourth-order valence-corrected chi connectivity index (χ4v) is 3.81. The van der Waals surface area contributed by atoms with Crippen LogP contribution in [0.3, 0.4) is 0 Å². The van der Waals surface area contributed by atoms with Gasteiger partial charge in [0.1, 0.15) is 5.75 Å². The quantitative estimate of drug-likeness (QED) is 0.826. The van der Waals surface area contributed by atoms with Crippen molar-refractivity contribution in [3.8, 4) is 5.75 Å². The van der Waals surface area contributed by atoms with Crippen LogP contribution in [-0.2, 0) is 16.4 Å². The van der Waals surface area contributed by atoms with E-state index in [2.05, 4.69) is 10.3 Å². The number of sulfonamides is 1. The lowest BCUT2D eigenvalue weighted by Crippen LogP contribution is -2.41. The molecule has 2 aromatic rings. The third-order valence-electron chi connectivity index (χ3n) is 4.09. The largest absolute Gasteiger partial charge is 0.497 e. The van der Waals surface area contributed by atoms with Crippen molar-refractivity contribution in [3.63, 3.8) is 0 Å². The van der Waals surface area contributed by atoms with Crippen LogP contribution in [0.2, 0.25) is 0 Å². The third kappa shape index (κ3) is 3.55. The van der Waals surface area contributed by atoms with Crippen molar-refractivity contribution in [3.05, 3.63) is 59.7 Å². The monoisotopic (exact) mass is 332 g/mol. The summed E-state index contributed by atoms with van der Waals surface area (Å²) >= 11 is 0. The molecular weight excluding hydrogens is 312 g/mol. The fourth-order valence-electron chi connectivity index (χ4n) is 2.87. The summed E-state index contributed by atoms with van der Waals surface area (Å²) in [6.07, 6.45) is 2.87. The van der Waals surface area contributed by atoms with Crippen LogP contribution in [0.4, 0.5) is 0 Å². The van der Waals surface area contributed by atoms with E-state index < -0.39 is 10.0 Å². The molecular formula is C17H20N2O3S. The van der Waals surface area contributed by atoms with Crippen molar-refractivity contribution in [2.75, 3.05) is 7.11 Å². The Bertz CT molecular complexity index is 776. The summed E-state index contributed by atoms with van der Waals surface area (Å²) in [6.45, 7) is 0. The first-order valence-electron chi connectivity index (χ1n) is 7.59. The van der Waals surface area contributed by atoms with Gasteiger partial charge in [0.2, 0.25) is 0 Å².